The Balaban J connectivity index is 1.10. The van der Waals surface area contributed by atoms with Crippen LogP contribution in [0.4, 0.5) is 0 Å². The summed E-state index contributed by atoms with van der Waals surface area (Å²) < 4.78 is 0. The van der Waals surface area contributed by atoms with Crippen LogP contribution in [0.3, 0.4) is 0 Å². The fourth-order valence-electron chi connectivity index (χ4n) is 9.76. The van der Waals surface area contributed by atoms with E-state index in [4.69, 9.17) is 0 Å². The Bertz CT molecular complexity index is 2690. The van der Waals surface area contributed by atoms with Gasteiger partial charge in [0.2, 0.25) is 0 Å². The van der Waals surface area contributed by atoms with E-state index in [0.717, 1.165) is 12.3 Å². The highest BCUT2D eigenvalue weighted by Crippen LogP contribution is 2.59. The molecule has 0 atom stereocenters. The Morgan fingerprint density at radius 2 is 0.379 bits per heavy atom. The highest BCUT2D eigenvalue weighted by Gasteiger charge is 2.46. The highest BCUT2D eigenvalue weighted by atomic mass is 31.2. The van der Waals surface area contributed by atoms with Gasteiger partial charge in [0.15, 0.2) is 0 Å². The van der Waals surface area contributed by atoms with E-state index in [1.54, 1.807) is 0 Å². The van der Waals surface area contributed by atoms with Gasteiger partial charge in [-0.2, -0.15) is 0 Å². The summed E-state index contributed by atoms with van der Waals surface area (Å²) in [5, 5.41) is 8.34. The van der Waals surface area contributed by atoms with Crippen LogP contribution in [0.5, 0.6) is 0 Å². The van der Waals surface area contributed by atoms with Crippen molar-refractivity contribution >= 4 is 57.5 Å². The standard InChI is InChI=1S/C64H52P2/c1-9-25-53(26-10-1)63(55-45-41-51(42-46-55)49-65(57-29-13-3-14-30-57,58-31-15-4-16-32-58)59-33-17-5-18-34-59)64(54-27-11-2-12-28-54)56-47-43-52(44-48-56)50-66(60-35-19-6-20-36-60,61-37-21-7-22-38-61)62-39-23-8-24-40-62/h1-48H,49-50H2/q+2. The summed E-state index contributed by atoms with van der Waals surface area (Å²) in [6.07, 6.45) is 1.84. The van der Waals surface area contributed by atoms with Gasteiger partial charge < -0.3 is 0 Å². The average molecular weight is 883 g/mol. The van der Waals surface area contributed by atoms with Crippen LogP contribution in [0, 0.1) is 0 Å². The lowest BCUT2D eigenvalue weighted by Crippen LogP contribution is -2.32. The third-order valence-corrected chi connectivity index (χ3v) is 21.6. The molecule has 10 aromatic carbocycles. The molecule has 0 amide bonds. The Kier molecular flexibility index (Phi) is 12.9. The fourth-order valence-corrected chi connectivity index (χ4v) is 18.2. The lowest BCUT2D eigenvalue weighted by Gasteiger charge is -2.28. The van der Waals surface area contributed by atoms with E-state index in [1.165, 1.54) is 76.4 Å². The normalized spacial score (nSPS) is 12.0. The predicted molar refractivity (Wildman–Crippen MR) is 288 cm³/mol. The van der Waals surface area contributed by atoms with E-state index in [9.17, 15) is 0 Å². The van der Waals surface area contributed by atoms with Crippen molar-refractivity contribution in [3.8, 4) is 0 Å². The summed E-state index contributed by atoms with van der Waals surface area (Å²) in [5.74, 6) is 0. The zero-order valence-corrected chi connectivity index (χ0v) is 38.8. The average Bonchev–Trinajstić information content (AvgIpc) is 3.41. The van der Waals surface area contributed by atoms with E-state index in [0.29, 0.717) is 0 Å². The van der Waals surface area contributed by atoms with Gasteiger partial charge >= 0.3 is 0 Å². The van der Waals surface area contributed by atoms with E-state index in [-0.39, 0.29) is 0 Å². The molecule has 0 unspecified atom stereocenters. The van der Waals surface area contributed by atoms with Gasteiger partial charge in [0.25, 0.3) is 0 Å². The minimum atomic E-state index is -2.08. The van der Waals surface area contributed by atoms with E-state index in [1.807, 2.05) is 0 Å². The molecular weight excluding hydrogens is 831 g/mol. The largest absolute Gasteiger partial charge is 0.116 e. The topological polar surface area (TPSA) is 0 Å². The lowest BCUT2D eigenvalue weighted by molar-refractivity contribution is 1.37. The van der Waals surface area contributed by atoms with Gasteiger partial charge in [0.1, 0.15) is 46.4 Å². The quantitative estimate of drug-likeness (QED) is 0.0754. The summed E-state index contributed by atoms with van der Waals surface area (Å²) >= 11 is 0. The smallest absolute Gasteiger partial charge is 0.0622 e. The first kappa shape index (κ1) is 42.7. The molecule has 10 aromatic rings. The van der Waals surface area contributed by atoms with Gasteiger partial charge in [-0.05, 0) is 117 Å². The molecule has 0 N–H and O–H groups in total. The maximum Gasteiger partial charge on any atom is 0.116 e. The molecule has 0 aliphatic rings. The Morgan fingerprint density at radius 3 is 0.591 bits per heavy atom. The molecule has 0 saturated carbocycles. The molecule has 0 aliphatic carbocycles. The molecule has 0 bridgehead atoms. The van der Waals surface area contributed by atoms with Crippen molar-refractivity contribution in [3.63, 3.8) is 0 Å². The summed E-state index contributed by atoms with van der Waals surface area (Å²) in [7, 11) is -4.15. The van der Waals surface area contributed by atoms with Crippen molar-refractivity contribution < 1.29 is 0 Å². The van der Waals surface area contributed by atoms with Crippen LogP contribution in [0.15, 0.2) is 291 Å². The highest BCUT2D eigenvalue weighted by molar-refractivity contribution is 7.95. The van der Waals surface area contributed by atoms with Crippen LogP contribution >= 0.6 is 14.5 Å². The minimum absolute atomic E-state index is 0.918. The second-order valence-corrected chi connectivity index (χ2v) is 23.8. The van der Waals surface area contributed by atoms with E-state index >= 15 is 0 Å². The van der Waals surface area contributed by atoms with Crippen molar-refractivity contribution in [1.82, 2.24) is 0 Å². The number of hydrogen-bond donors (Lipinski definition) is 0. The van der Waals surface area contributed by atoms with E-state index < -0.39 is 14.5 Å². The third-order valence-electron chi connectivity index (χ3n) is 12.9. The Labute approximate surface area is 392 Å². The molecule has 0 heterocycles. The fraction of sp³-hybridized carbons (Fsp3) is 0.0312. The van der Waals surface area contributed by atoms with Gasteiger partial charge in [0, 0.05) is 0 Å². The molecule has 0 radical (unpaired) electrons. The van der Waals surface area contributed by atoms with Gasteiger partial charge in [-0.15, -0.1) is 0 Å². The number of hydrogen-bond acceptors (Lipinski definition) is 0. The lowest BCUT2D eigenvalue weighted by atomic mass is 9.85. The second kappa shape index (κ2) is 19.9. The van der Waals surface area contributed by atoms with Crippen LogP contribution in [0.1, 0.15) is 33.4 Å². The molecule has 0 spiro atoms. The summed E-state index contributed by atoms with van der Waals surface area (Å²) in [4.78, 5) is 0. The molecule has 0 fully saturated rings. The minimum Gasteiger partial charge on any atom is -0.0622 e. The second-order valence-electron chi connectivity index (χ2n) is 16.8. The third kappa shape index (κ3) is 8.67. The first-order valence-corrected chi connectivity index (χ1v) is 26.8. The van der Waals surface area contributed by atoms with Gasteiger partial charge in [0.05, 0.1) is 12.3 Å². The Hall–Kier alpha value is -7.20. The molecule has 0 saturated heterocycles. The molecular formula is C64H52P2+2. The number of rotatable bonds is 14. The molecule has 316 valence electrons. The first-order chi connectivity index (χ1) is 32.7. The summed E-state index contributed by atoms with van der Waals surface area (Å²) in [6, 6.07) is 108. The maximum atomic E-state index is 2.38. The summed E-state index contributed by atoms with van der Waals surface area (Å²) in [6.45, 7) is 0. The zero-order chi connectivity index (χ0) is 44.4. The molecule has 66 heavy (non-hydrogen) atoms. The molecule has 10 rings (SSSR count). The zero-order valence-electron chi connectivity index (χ0n) is 37.0. The van der Waals surface area contributed by atoms with Gasteiger partial charge in [-0.1, -0.05) is 218 Å². The van der Waals surface area contributed by atoms with Crippen LogP contribution in [-0.4, -0.2) is 0 Å². The van der Waals surface area contributed by atoms with Crippen LogP contribution in [-0.2, 0) is 12.3 Å². The first-order valence-electron chi connectivity index (χ1n) is 22.9. The molecule has 0 aromatic heterocycles. The van der Waals surface area contributed by atoms with Crippen LogP contribution < -0.4 is 31.8 Å². The summed E-state index contributed by atoms with van der Waals surface area (Å²) in [5.41, 5.74) is 9.85. The van der Waals surface area contributed by atoms with E-state index in [2.05, 4.69) is 291 Å². The molecule has 0 aliphatic heterocycles. The van der Waals surface area contributed by atoms with Crippen molar-refractivity contribution in [2.24, 2.45) is 0 Å². The predicted octanol–water partition coefficient (Wildman–Crippen LogP) is 13.7. The molecule has 2 heteroatoms. The molecule has 0 nitrogen and oxygen atoms in total. The van der Waals surface area contributed by atoms with Gasteiger partial charge in [-0.25, -0.2) is 0 Å². The van der Waals surface area contributed by atoms with Crippen molar-refractivity contribution in [2.45, 2.75) is 12.3 Å². The SMILES string of the molecule is c1ccc(C(=C(c2ccccc2)c2ccc(C[P+](c3ccccc3)(c3ccccc3)c3ccccc3)cc2)c2ccc(C[P+](c3ccccc3)(c3ccccc3)c3ccccc3)cc2)cc1. The maximum absolute atomic E-state index is 2.38. The van der Waals surface area contributed by atoms with Crippen molar-refractivity contribution in [3.05, 3.63) is 325 Å². The Morgan fingerprint density at radius 1 is 0.197 bits per heavy atom. The van der Waals surface area contributed by atoms with Gasteiger partial charge in [-0.3, -0.25) is 0 Å². The van der Waals surface area contributed by atoms with Crippen molar-refractivity contribution in [2.75, 3.05) is 0 Å². The van der Waals surface area contributed by atoms with Crippen LogP contribution in [0.25, 0.3) is 11.1 Å². The van der Waals surface area contributed by atoms with Crippen molar-refractivity contribution in [1.29, 1.82) is 0 Å². The number of benzene rings is 10. The van der Waals surface area contributed by atoms with Crippen LogP contribution in [0.2, 0.25) is 0 Å². The monoisotopic (exact) mass is 882 g/mol.